The largest absolute Gasteiger partial charge is 0.493 e. The first-order valence-corrected chi connectivity index (χ1v) is 20.0. The van der Waals surface area contributed by atoms with Gasteiger partial charge in [-0.3, -0.25) is 4.79 Å². The predicted molar refractivity (Wildman–Crippen MR) is 227 cm³/mol. The lowest BCUT2D eigenvalue weighted by Gasteiger charge is -2.37. The van der Waals surface area contributed by atoms with E-state index in [4.69, 9.17) is 23.7 Å². The van der Waals surface area contributed by atoms with Gasteiger partial charge in [0.15, 0.2) is 34.6 Å². The summed E-state index contributed by atoms with van der Waals surface area (Å²) in [5, 5.41) is 19.6. The highest BCUT2D eigenvalue weighted by atomic mass is 19.1. The van der Waals surface area contributed by atoms with E-state index in [1.54, 1.807) is 33.0 Å². The summed E-state index contributed by atoms with van der Waals surface area (Å²) in [6, 6.07) is 15.5. The number of benzene rings is 3. The van der Waals surface area contributed by atoms with E-state index in [1.165, 1.54) is 11.8 Å². The third-order valence-electron chi connectivity index (χ3n) is 11.6. The monoisotopic (exact) mass is 815 g/mol. The quantitative estimate of drug-likeness (QED) is 0.138. The summed E-state index contributed by atoms with van der Waals surface area (Å²) in [6.45, 7) is 11.1. The summed E-state index contributed by atoms with van der Waals surface area (Å²) < 4.78 is 44.1. The molecule has 1 N–H and O–H groups in total. The number of likely N-dealkylation sites (N-methyl/N-ethyl adjacent to an activating group) is 2. The molecule has 0 spiro atoms. The number of ether oxygens (including phenoxy) is 5. The van der Waals surface area contributed by atoms with E-state index in [0.717, 1.165) is 68.6 Å². The fourth-order valence-corrected chi connectivity index (χ4v) is 7.91. The van der Waals surface area contributed by atoms with Crippen LogP contribution in [0, 0.1) is 23.1 Å². The Labute approximate surface area is 346 Å². The number of nitrogens with zero attached hydrogens (tertiary/aromatic N) is 5. The van der Waals surface area contributed by atoms with Crippen LogP contribution in [0.15, 0.2) is 53.5 Å². The minimum Gasteiger partial charge on any atom is -0.493 e. The Morgan fingerprint density at radius 1 is 0.983 bits per heavy atom. The topological polar surface area (TPSA) is 139 Å². The minimum absolute atomic E-state index is 0.0434. The van der Waals surface area contributed by atoms with Gasteiger partial charge < -0.3 is 48.1 Å². The van der Waals surface area contributed by atoms with Crippen molar-refractivity contribution in [2.75, 3.05) is 93.3 Å². The second-order valence-corrected chi connectivity index (χ2v) is 15.6. The predicted octanol–water partition coefficient (Wildman–Crippen LogP) is 6.64. The average molecular weight is 816 g/mol. The smallest absolute Gasteiger partial charge is 0.341 e. The van der Waals surface area contributed by atoms with Crippen molar-refractivity contribution in [3.63, 3.8) is 0 Å². The second-order valence-electron chi connectivity index (χ2n) is 15.6. The molecule has 1 fully saturated rings. The van der Waals surface area contributed by atoms with Crippen molar-refractivity contribution in [3.8, 4) is 34.8 Å². The van der Waals surface area contributed by atoms with Crippen LogP contribution in [0.3, 0.4) is 0 Å². The van der Waals surface area contributed by atoms with Crippen LogP contribution in [-0.4, -0.2) is 114 Å². The average Bonchev–Trinajstić information content (AvgIpc) is 3.23. The molecule has 13 nitrogen and oxygen atoms in total. The number of carbonyl (C=O) groups is 1. The molecule has 2 unspecified atom stereocenters. The molecule has 3 heterocycles. The van der Waals surface area contributed by atoms with Crippen LogP contribution in [-0.2, 0) is 11.8 Å². The first kappa shape index (κ1) is 44.6. The van der Waals surface area contributed by atoms with Crippen LogP contribution in [0.1, 0.15) is 61.1 Å². The molecular weight excluding hydrogens is 758 g/mol. The van der Waals surface area contributed by atoms with E-state index in [0.29, 0.717) is 41.5 Å². The molecule has 318 valence electrons. The number of piperazine rings is 1. The second kappa shape index (κ2) is 19.5. The number of carboxylic acids is 1. The number of hydrogen-bond donors (Lipinski definition) is 1. The molecule has 4 aromatic rings. The molecule has 0 aliphatic carbocycles. The van der Waals surface area contributed by atoms with Crippen molar-refractivity contribution in [1.82, 2.24) is 14.4 Å². The standard InChI is InChI=1S/C27H38N2O4.C18H20FN3O4/c1-20(2)27(19-28,22-10-12-24(31-5)26(18-22)33-7)14-8-15-29(3)16-13-21-9-11-23(30-4)25(17-21)32-6;1-10-9-26-17-14-11(16(23)12(18(24)25)8-22(10)14)7-13(19)15(17)21-5-3-20(2)4-6-21/h9-12,17-18,20H,8,13-16H2,1-7H3;7-8,10H,3-6,9H2,1-2H3,(H,24,25). The number of hydrogen-bond acceptors (Lipinski definition) is 11. The number of aromatic carboxylic acids is 1. The molecule has 14 heteroatoms. The first-order valence-electron chi connectivity index (χ1n) is 20.0. The molecule has 2 aliphatic heterocycles. The molecule has 1 saturated heterocycles. The Morgan fingerprint density at radius 3 is 2.20 bits per heavy atom. The molecule has 3 aromatic carbocycles. The zero-order valence-electron chi connectivity index (χ0n) is 35.8. The molecule has 2 atom stereocenters. The van der Waals surface area contributed by atoms with Gasteiger partial charge in [0.1, 0.15) is 17.9 Å². The van der Waals surface area contributed by atoms with Gasteiger partial charge in [-0.1, -0.05) is 26.0 Å². The summed E-state index contributed by atoms with van der Waals surface area (Å²) >= 11 is 0. The minimum atomic E-state index is -1.32. The summed E-state index contributed by atoms with van der Waals surface area (Å²) in [5.41, 5.74) is 1.38. The van der Waals surface area contributed by atoms with Crippen LogP contribution >= 0.6 is 0 Å². The number of nitriles is 1. The third kappa shape index (κ3) is 9.53. The lowest BCUT2D eigenvalue weighted by molar-refractivity contribution is 0.0694. The highest BCUT2D eigenvalue weighted by Crippen LogP contribution is 2.43. The third-order valence-corrected chi connectivity index (χ3v) is 11.6. The molecule has 0 saturated carbocycles. The number of halogens is 1. The van der Waals surface area contributed by atoms with E-state index < -0.39 is 22.6 Å². The van der Waals surface area contributed by atoms with E-state index in [1.807, 2.05) is 49.2 Å². The van der Waals surface area contributed by atoms with Crippen LogP contribution in [0.4, 0.5) is 10.1 Å². The van der Waals surface area contributed by atoms with Gasteiger partial charge in [0.25, 0.3) is 0 Å². The van der Waals surface area contributed by atoms with Crippen LogP contribution in [0.5, 0.6) is 28.7 Å². The molecular formula is C45H58FN5O8. The maximum atomic E-state index is 15.0. The maximum absolute atomic E-state index is 15.0. The fraction of sp³-hybridized carbons (Fsp3) is 0.489. The van der Waals surface area contributed by atoms with Crippen molar-refractivity contribution in [1.29, 1.82) is 5.26 Å². The summed E-state index contributed by atoms with van der Waals surface area (Å²) in [6.07, 6.45) is 3.95. The van der Waals surface area contributed by atoms with Gasteiger partial charge in [0.05, 0.1) is 56.9 Å². The number of pyridine rings is 1. The fourth-order valence-electron chi connectivity index (χ4n) is 7.91. The van der Waals surface area contributed by atoms with Gasteiger partial charge in [0.2, 0.25) is 5.43 Å². The Hall–Kier alpha value is -5.52. The van der Waals surface area contributed by atoms with Gasteiger partial charge in [0, 0.05) is 38.9 Å². The van der Waals surface area contributed by atoms with Crippen molar-refractivity contribution >= 4 is 22.6 Å². The zero-order valence-corrected chi connectivity index (χ0v) is 35.8. The van der Waals surface area contributed by atoms with Gasteiger partial charge >= 0.3 is 5.97 Å². The van der Waals surface area contributed by atoms with Gasteiger partial charge in [-0.25, -0.2) is 9.18 Å². The Bertz CT molecular complexity index is 2210. The van der Waals surface area contributed by atoms with Crippen molar-refractivity contribution < 1.29 is 38.0 Å². The van der Waals surface area contributed by atoms with E-state index in [9.17, 15) is 24.3 Å². The molecule has 0 radical (unpaired) electrons. The molecule has 0 amide bonds. The van der Waals surface area contributed by atoms with Crippen LogP contribution in [0.25, 0.3) is 10.9 Å². The molecule has 0 bridgehead atoms. The molecule has 2 aliphatic rings. The van der Waals surface area contributed by atoms with E-state index in [2.05, 4.69) is 42.8 Å². The van der Waals surface area contributed by atoms with E-state index >= 15 is 0 Å². The molecule has 6 rings (SSSR count). The number of methoxy groups -OCH3 is 4. The summed E-state index contributed by atoms with van der Waals surface area (Å²) in [7, 11) is 10.7. The molecule has 1 aromatic heterocycles. The summed E-state index contributed by atoms with van der Waals surface area (Å²) in [4.78, 5) is 30.4. The number of anilines is 1. The van der Waals surface area contributed by atoms with E-state index in [-0.39, 0.29) is 29.5 Å². The van der Waals surface area contributed by atoms with Crippen LogP contribution in [0.2, 0.25) is 0 Å². The van der Waals surface area contributed by atoms with Crippen molar-refractivity contribution in [3.05, 3.63) is 81.4 Å². The SMILES string of the molecule is CC1COc2c(N3CCN(C)CC3)c(F)cc3c(=O)c(C(=O)O)cn1c23.COc1ccc(CCN(C)CCCC(C#N)(c2ccc(OC)c(OC)c2)C(C)C)cc1OC. The van der Waals surface area contributed by atoms with Crippen molar-refractivity contribution in [2.45, 2.75) is 51.5 Å². The summed E-state index contributed by atoms with van der Waals surface area (Å²) in [5.74, 6) is 1.44. The Kier molecular flexibility index (Phi) is 14.7. The first-order chi connectivity index (χ1) is 28.2. The maximum Gasteiger partial charge on any atom is 0.341 e. The van der Waals surface area contributed by atoms with Gasteiger partial charge in [-0.15, -0.1) is 0 Å². The van der Waals surface area contributed by atoms with Crippen LogP contribution < -0.4 is 34.0 Å². The van der Waals surface area contributed by atoms with Gasteiger partial charge in [-0.05, 0) is 94.2 Å². The normalized spacial score (nSPS) is 16.1. The number of carboxylic acid groups (broad SMARTS) is 1. The lowest BCUT2D eigenvalue weighted by atomic mass is 9.69. The van der Waals surface area contributed by atoms with Gasteiger partial charge in [-0.2, -0.15) is 5.26 Å². The highest BCUT2D eigenvalue weighted by molar-refractivity contribution is 5.97. The zero-order chi connectivity index (χ0) is 43.0. The van der Waals surface area contributed by atoms with Crippen molar-refractivity contribution in [2.24, 2.45) is 5.92 Å². The Morgan fingerprint density at radius 2 is 1.61 bits per heavy atom. The molecule has 59 heavy (non-hydrogen) atoms. The number of aromatic nitrogens is 1. The highest BCUT2D eigenvalue weighted by Gasteiger charge is 2.36. The Balaban J connectivity index is 0.000000230. The number of rotatable bonds is 15. The lowest BCUT2D eigenvalue weighted by Crippen LogP contribution is -2.45.